The highest BCUT2D eigenvalue weighted by molar-refractivity contribution is 7.82. The zero-order valence-corrected chi connectivity index (χ0v) is 7.78. The van der Waals surface area contributed by atoms with Crippen molar-refractivity contribution in [2.75, 3.05) is 6.61 Å². The van der Waals surface area contributed by atoms with E-state index in [9.17, 15) is 13.5 Å². The van der Waals surface area contributed by atoms with Crippen LogP contribution in [0.3, 0.4) is 0 Å². The first kappa shape index (κ1) is 10.6. The van der Waals surface area contributed by atoms with Gasteiger partial charge in [0.15, 0.2) is 6.10 Å². The molecule has 1 saturated heterocycles. The van der Waals surface area contributed by atoms with Gasteiger partial charge in [-0.25, -0.2) is 4.18 Å². The Balaban J connectivity index is 2.74. The van der Waals surface area contributed by atoms with Crippen molar-refractivity contribution in [1.82, 2.24) is 0 Å². The molecule has 1 heterocycles. The highest BCUT2D eigenvalue weighted by Crippen LogP contribution is 2.29. The van der Waals surface area contributed by atoms with Crippen molar-refractivity contribution in [3.05, 3.63) is 12.7 Å². The summed E-state index contributed by atoms with van der Waals surface area (Å²) in [6, 6.07) is 0. The molecule has 1 rings (SSSR count). The molecule has 0 aromatic heterocycles. The summed E-state index contributed by atoms with van der Waals surface area (Å²) in [5.74, 6) is -2.24. The lowest BCUT2D eigenvalue weighted by Crippen LogP contribution is -2.41. The summed E-state index contributed by atoms with van der Waals surface area (Å²) < 4.78 is 34.6. The lowest BCUT2D eigenvalue weighted by molar-refractivity contribution is -0.323. The molecule has 0 aromatic carbocycles. The van der Waals surface area contributed by atoms with Crippen LogP contribution < -0.4 is 0 Å². The number of ether oxygens (including phenoxy) is 1. The topological polar surface area (TPSA) is 82.1 Å². The molecule has 1 fully saturated rings. The van der Waals surface area contributed by atoms with E-state index in [2.05, 4.69) is 14.9 Å². The van der Waals surface area contributed by atoms with E-state index in [0.717, 1.165) is 0 Å². The van der Waals surface area contributed by atoms with Gasteiger partial charge in [0.2, 0.25) is 0 Å². The highest BCUT2D eigenvalue weighted by atomic mass is 32.3. The number of aliphatic hydroxyl groups is 1. The summed E-state index contributed by atoms with van der Waals surface area (Å²) in [4.78, 5) is 0. The second-order valence-electron chi connectivity index (χ2n) is 2.46. The van der Waals surface area contributed by atoms with Crippen molar-refractivity contribution in [3.63, 3.8) is 0 Å². The van der Waals surface area contributed by atoms with Gasteiger partial charge in [0, 0.05) is 0 Å². The second kappa shape index (κ2) is 3.35. The van der Waals surface area contributed by atoms with Gasteiger partial charge < -0.3 is 9.84 Å². The molecule has 1 aliphatic heterocycles. The third kappa shape index (κ3) is 2.26. The van der Waals surface area contributed by atoms with Gasteiger partial charge in [-0.05, 0) is 6.92 Å². The van der Waals surface area contributed by atoms with Gasteiger partial charge >= 0.3 is 16.4 Å². The van der Waals surface area contributed by atoms with E-state index in [4.69, 9.17) is 4.74 Å². The molecule has 1 N–H and O–H groups in total. The lowest BCUT2D eigenvalue weighted by atomic mass is 10.3. The molecule has 2 atom stereocenters. The Bertz CT molecular complexity index is 296. The fourth-order valence-electron chi connectivity index (χ4n) is 0.791. The predicted molar refractivity (Wildman–Crippen MR) is 41.7 cm³/mol. The standard InChI is InChI=1S/C6H10O6S/c1-3-4-10-6(7)5(2)11-13(8,9)12-6/h3,5,7H,1,4H2,2H3. The molecule has 13 heavy (non-hydrogen) atoms. The molecular weight excluding hydrogens is 200 g/mol. The van der Waals surface area contributed by atoms with Crippen LogP contribution in [-0.4, -0.2) is 32.2 Å². The first-order valence-electron chi connectivity index (χ1n) is 3.51. The van der Waals surface area contributed by atoms with Gasteiger partial charge in [0.05, 0.1) is 6.61 Å². The summed E-state index contributed by atoms with van der Waals surface area (Å²) in [6.07, 6.45) is 0.247. The van der Waals surface area contributed by atoms with Crippen molar-refractivity contribution in [1.29, 1.82) is 0 Å². The third-order valence-electron chi connectivity index (χ3n) is 1.41. The van der Waals surface area contributed by atoms with Crippen molar-refractivity contribution in [2.45, 2.75) is 19.0 Å². The Hall–Kier alpha value is -0.470. The summed E-state index contributed by atoms with van der Waals surface area (Å²) in [6.45, 7) is 4.60. The van der Waals surface area contributed by atoms with Gasteiger partial charge in [-0.1, -0.05) is 6.08 Å². The monoisotopic (exact) mass is 210 g/mol. The van der Waals surface area contributed by atoms with Crippen LogP contribution in [0.5, 0.6) is 0 Å². The Kier molecular flexibility index (Phi) is 2.74. The van der Waals surface area contributed by atoms with Gasteiger partial charge in [0.1, 0.15) is 0 Å². The van der Waals surface area contributed by atoms with Gasteiger partial charge in [0.25, 0.3) is 0 Å². The summed E-state index contributed by atoms with van der Waals surface area (Å²) in [5.41, 5.74) is 0. The van der Waals surface area contributed by atoms with Gasteiger partial charge in [-0.15, -0.1) is 6.58 Å². The molecule has 7 heteroatoms. The van der Waals surface area contributed by atoms with Crippen LogP contribution in [0.4, 0.5) is 0 Å². The maximum atomic E-state index is 10.7. The summed E-state index contributed by atoms with van der Waals surface area (Å²) in [7, 11) is -4.14. The fourth-order valence-corrected chi connectivity index (χ4v) is 1.78. The largest absolute Gasteiger partial charge is 0.405 e. The molecule has 0 bridgehead atoms. The normalized spacial score (nSPS) is 37.5. The molecule has 0 amide bonds. The lowest BCUT2D eigenvalue weighted by Gasteiger charge is -2.20. The third-order valence-corrected chi connectivity index (χ3v) is 2.37. The zero-order chi connectivity index (χ0) is 10.1. The van der Waals surface area contributed by atoms with Crippen LogP contribution in [0.15, 0.2) is 12.7 Å². The average Bonchev–Trinajstić information content (AvgIpc) is 2.18. The van der Waals surface area contributed by atoms with Gasteiger partial charge in [-0.3, -0.25) is 0 Å². The van der Waals surface area contributed by atoms with E-state index in [1.165, 1.54) is 13.0 Å². The van der Waals surface area contributed by atoms with Crippen molar-refractivity contribution in [3.8, 4) is 0 Å². The SMILES string of the molecule is C=CCOC1(O)OS(=O)(=O)OC1C. The quantitative estimate of drug-likeness (QED) is 0.500. The van der Waals surface area contributed by atoms with Crippen molar-refractivity contribution >= 4 is 10.4 Å². The van der Waals surface area contributed by atoms with E-state index in [0.29, 0.717) is 0 Å². The minimum Gasteiger partial charge on any atom is -0.340 e. The van der Waals surface area contributed by atoms with E-state index < -0.39 is 22.5 Å². The average molecular weight is 210 g/mol. The van der Waals surface area contributed by atoms with Crippen LogP contribution in [0, 0.1) is 0 Å². The molecule has 0 saturated carbocycles. The maximum absolute atomic E-state index is 10.7. The fraction of sp³-hybridized carbons (Fsp3) is 0.667. The number of hydrogen-bond donors (Lipinski definition) is 1. The summed E-state index contributed by atoms with van der Waals surface area (Å²) >= 11 is 0. The van der Waals surface area contributed by atoms with Gasteiger partial charge in [-0.2, -0.15) is 12.6 Å². The molecule has 1 aliphatic rings. The molecule has 0 radical (unpaired) electrons. The molecule has 0 aliphatic carbocycles. The molecular formula is C6H10O6S. The van der Waals surface area contributed by atoms with Crippen molar-refractivity contribution in [2.24, 2.45) is 0 Å². The Morgan fingerprint density at radius 3 is 2.77 bits per heavy atom. The van der Waals surface area contributed by atoms with Crippen molar-refractivity contribution < 1.29 is 26.6 Å². The van der Waals surface area contributed by atoms with Crippen LogP contribution in [0.2, 0.25) is 0 Å². The Morgan fingerprint density at radius 2 is 2.38 bits per heavy atom. The van der Waals surface area contributed by atoms with Crippen LogP contribution >= 0.6 is 0 Å². The van der Waals surface area contributed by atoms with Crippen LogP contribution in [0.25, 0.3) is 0 Å². The molecule has 0 aromatic rings. The predicted octanol–water partition coefficient (Wildman–Crippen LogP) is -0.485. The van der Waals surface area contributed by atoms with E-state index in [-0.39, 0.29) is 6.61 Å². The van der Waals surface area contributed by atoms with E-state index >= 15 is 0 Å². The minimum atomic E-state index is -4.14. The highest BCUT2D eigenvalue weighted by Gasteiger charge is 2.51. The van der Waals surface area contributed by atoms with E-state index in [1.807, 2.05) is 0 Å². The first-order valence-corrected chi connectivity index (χ1v) is 4.84. The Morgan fingerprint density at radius 1 is 1.77 bits per heavy atom. The smallest absolute Gasteiger partial charge is 0.340 e. The number of rotatable bonds is 3. The van der Waals surface area contributed by atoms with Crippen LogP contribution in [-0.2, 0) is 23.5 Å². The molecule has 6 nitrogen and oxygen atoms in total. The zero-order valence-electron chi connectivity index (χ0n) is 6.97. The number of hydrogen-bond acceptors (Lipinski definition) is 6. The molecule has 76 valence electrons. The first-order chi connectivity index (χ1) is 5.90. The maximum Gasteiger partial charge on any atom is 0.405 e. The molecule has 2 unspecified atom stereocenters. The summed E-state index contributed by atoms with van der Waals surface area (Å²) in [5, 5.41) is 9.43. The van der Waals surface area contributed by atoms with E-state index in [1.54, 1.807) is 0 Å². The second-order valence-corrected chi connectivity index (χ2v) is 3.64. The Labute approximate surface area is 76.0 Å². The minimum absolute atomic E-state index is 0.0419. The van der Waals surface area contributed by atoms with Crippen LogP contribution in [0.1, 0.15) is 6.92 Å². The molecule has 0 spiro atoms.